The van der Waals surface area contributed by atoms with E-state index in [1.807, 2.05) is 0 Å². The maximum Gasteiger partial charge on any atom is 0.358 e. The Kier molecular flexibility index (Phi) is 3.17. The molecule has 0 aliphatic carbocycles. The number of nitrogens with zero attached hydrogens (tertiary/aromatic N) is 3. The van der Waals surface area contributed by atoms with Crippen molar-refractivity contribution >= 4 is 12.0 Å². The summed E-state index contributed by atoms with van der Waals surface area (Å²) in [5, 5.41) is 10.1. The van der Waals surface area contributed by atoms with Gasteiger partial charge in [-0.1, -0.05) is 0 Å². The minimum Gasteiger partial charge on any atom is -0.464 e. The van der Waals surface area contributed by atoms with Gasteiger partial charge < -0.3 is 9.30 Å². The first-order chi connectivity index (χ1) is 7.04. The Hall–Kier alpha value is -2.18. The van der Waals surface area contributed by atoms with Gasteiger partial charge in [-0.05, 0) is 0 Å². The predicted octanol–water partition coefficient (Wildman–Crippen LogP) is 0.454. The molecular formula is C8H9N3O4. The van der Waals surface area contributed by atoms with Crippen molar-refractivity contribution < 1.29 is 14.5 Å². The molecule has 0 radical (unpaired) electrons. The van der Waals surface area contributed by atoms with E-state index >= 15 is 0 Å². The van der Waals surface area contributed by atoms with Crippen LogP contribution in [0.1, 0.15) is 16.3 Å². The third-order valence-corrected chi connectivity index (χ3v) is 1.65. The first-order valence-electron chi connectivity index (χ1n) is 3.98. The second kappa shape index (κ2) is 4.36. The van der Waals surface area contributed by atoms with Crippen LogP contribution in [0.3, 0.4) is 0 Å². The summed E-state index contributed by atoms with van der Waals surface area (Å²) in [5.74, 6) is -0.265. The largest absolute Gasteiger partial charge is 0.464 e. The SMILES string of the molecule is COC(=O)c1cn(C)c(C=C[N+](=O)[O-])n1. The highest BCUT2D eigenvalue weighted by molar-refractivity contribution is 5.87. The van der Waals surface area contributed by atoms with Gasteiger partial charge in [0.05, 0.1) is 18.1 Å². The minimum atomic E-state index is -0.605. The molecule has 0 aromatic carbocycles. The van der Waals surface area contributed by atoms with Crippen LogP contribution in [0.4, 0.5) is 0 Å². The molecule has 80 valence electrons. The van der Waals surface area contributed by atoms with Gasteiger partial charge in [-0.2, -0.15) is 0 Å². The number of imidazole rings is 1. The van der Waals surface area contributed by atoms with Crippen LogP contribution in [0.5, 0.6) is 0 Å². The fourth-order valence-electron chi connectivity index (χ4n) is 0.966. The first kappa shape index (κ1) is 10.9. The van der Waals surface area contributed by atoms with E-state index in [4.69, 9.17) is 0 Å². The van der Waals surface area contributed by atoms with E-state index in [9.17, 15) is 14.9 Å². The number of aromatic nitrogens is 2. The van der Waals surface area contributed by atoms with Gasteiger partial charge in [0.15, 0.2) is 5.69 Å². The van der Waals surface area contributed by atoms with Gasteiger partial charge in [0.25, 0.3) is 0 Å². The smallest absolute Gasteiger partial charge is 0.358 e. The van der Waals surface area contributed by atoms with Crippen LogP contribution in [-0.4, -0.2) is 27.6 Å². The van der Waals surface area contributed by atoms with Gasteiger partial charge in [0.1, 0.15) is 5.82 Å². The predicted molar refractivity (Wildman–Crippen MR) is 50.6 cm³/mol. The molecule has 0 amide bonds. The molecule has 0 N–H and O–H groups in total. The van der Waals surface area contributed by atoms with E-state index in [0.29, 0.717) is 5.82 Å². The number of methoxy groups -OCH3 is 1. The molecular weight excluding hydrogens is 202 g/mol. The quantitative estimate of drug-likeness (QED) is 0.411. The molecule has 1 heterocycles. The average Bonchev–Trinajstić information content (AvgIpc) is 2.55. The molecule has 7 nitrogen and oxygen atoms in total. The van der Waals surface area contributed by atoms with Crippen LogP contribution >= 0.6 is 0 Å². The van der Waals surface area contributed by atoms with Crippen molar-refractivity contribution in [3.8, 4) is 0 Å². The highest BCUT2D eigenvalue weighted by atomic mass is 16.6. The van der Waals surface area contributed by atoms with Gasteiger partial charge in [0, 0.05) is 13.2 Å². The van der Waals surface area contributed by atoms with E-state index < -0.39 is 10.9 Å². The van der Waals surface area contributed by atoms with Crippen LogP contribution in [0, 0.1) is 10.1 Å². The van der Waals surface area contributed by atoms with Crippen molar-refractivity contribution in [1.29, 1.82) is 0 Å². The molecule has 15 heavy (non-hydrogen) atoms. The second-order valence-electron chi connectivity index (χ2n) is 2.69. The monoisotopic (exact) mass is 211 g/mol. The topological polar surface area (TPSA) is 87.3 Å². The number of rotatable bonds is 3. The van der Waals surface area contributed by atoms with Crippen molar-refractivity contribution in [1.82, 2.24) is 9.55 Å². The van der Waals surface area contributed by atoms with E-state index in [-0.39, 0.29) is 5.69 Å². The fraction of sp³-hybridized carbons (Fsp3) is 0.250. The fourth-order valence-corrected chi connectivity index (χ4v) is 0.966. The Morgan fingerprint density at radius 1 is 1.73 bits per heavy atom. The minimum absolute atomic E-state index is 0.114. The molecule has 1 rings (SSSR count). The van der Waals surface area contributed by atoms with E-state index in [1.165, 1.54) is 23.9 Å². The lowest BCUT2D eigenvalue weighted by molar-refractivity contribution is -0.401. The lowest BCUT2D eigenvalue weighted by Crippen LogP contribution is -2.00. The standard InChI is InChI=1S/C8H9N3O4/c1-10-5-6(8(12)15-2)9-7(10)3-4-11(13)14/h3-5H,1-2H3. The first-order valence-corrected chi connectivity index (χ1v) is 3.98. The molecule has 0 fully saturated rings. The molecule has 1 aromatic heterocycles. The molecule has 0 saturated heterocycles. The third kappa shape index (κ3) is 2.63. The van der Waals surface area contributed by atoms with Gasteiger partial charge in [-0.3, -0.25) is 10.1 Å². The number of esters is 1. The average molecular weight is 211 g/mol. The number of hydrogen-bond acceptors (Lipinski definition) is 5. The van der Waals surface area contributed by atoms with Crippen molar-refractivity contribution in [3.63, 3.8) is 0 Å². The van der Waals surface area contributed by atoms with E-state index in [1.54, 1.807) is 7.05 Å². The molecule has 0 saturated carbocycles. The number of nitro groups is 1. The Bertz CT molecular complexity index is 422. The molecule has 0 unspecified atom stereocenters. The van der Waals surface area contributed by atoms with Crippen molar-refractivity contribution in [2.24, 2.45) is 7.05 Å². The number of carbonyl (C=O) groups excluding carboxylic acids is 1. The van der Waals surface area contributed by atoms with Crippen molar-refractivity contribution in [2.75, 3.05) is 7.11 Å². The summed E-state index contributed by atoms with van der Waals surface area (Å²) in [6.07, 6.45) is 3.39. The second-order valence-corrected chi connectivity index (χ2v) is 2.69. The lowest BCUT2D eigenvalue weighted by atomic mass is 10.5. The zero-order chi connectivity index (χ0) is 11.4. The maximum atomic E-state index is 11.1. The highest BCUT2D eigenvalue weighted by Crippen LogP contribution is 2.04. The number of aryl methyl sites for hydroxylation is 1. The lowest BCUT2D eigenvalue weighted by Gasteiger charge is -1.90. The molecule has 0 aliphatic rings. The Labute approximate surface area is 85.1 Å². The van der Waals surface area contributed by atoms with Crippen LogP contribution < -0.4 is 0 Å². The van der Waals surface area contributed by atoms with Gasteiger partial charge in [0.2, 0.25) is 6.20 Å². The Morgan fingerprint density at radius 3 is 2.93 bits per heavy atom. The van der Waals surface area contributed by atoms with Crippen molar-refractivity contribution in [3.05, 3.63) is 34.0 Å². The summed E-state index contributed by atoms with van der Waals surface area (Å²) >= 11 is 0. The summed E-state index contributed by atoms with van der Waals surface area (Å²) < 4.78 is 5.95. The number of hydrogen-bond donors (Lipinski definition) is 0. The van der Waals surface area contributed by atoms with Crippen LogP contribution in [0.2, 0.25) is 0 Å². The Morgan fingerprint density at radius 2 is 2.40 bits per heavy atom. The van der Waals surface area contributed by atoms with Crippen molar-refractivity contribution in [2.45, 2.75) is 0 Å². The zero-order valence-corrected chi connectivity index (χ0v) is 8.21. The van der Waals surface area contributed by atoms with Crippen LogP contribution in [0.15, 0.2) is 12.4 Å². The van der Waals surface area contributed by atoms with Gasteiger partial charge in [-0.25, -0.2) is 9.78 Å². The van der Waals surface area contributed by atoms with Crippen LogP contribution in [-0.2, 0) is 11.8 Å². The van der Waals surface area contributed by atoms with Gasteiger partial charge >= 0.3 is 5.97 Å². The maximum absolute atomic E-state index is 11.1. The summed E-state index contributed by atoms with van der Waals surface area (Å²) in [7, 11) is 2.86. The molecule has 1 aromatic rings. The van der Waals surface area contributed by atoms with E-state index in [0.717, 1.165) is 6.20 Å². The summed E-state index contributed by atoms with van der Waals surface area (Å²) in [4.78, 5) is 24.4. The summed E-state index contributed by atoms with van der Waals surface area (Å²) in [6.45, 7) is 0. The van der Waals surface area contributed by atoms with Gasteiger partial charge in [-0.15, -0.1) is 0 Å². The highest BCUT2D eigenvalue weighted by Gasteiger charge is 2.11. The summed E-state index contributed by atoms with van der Waals surface area (Å²) in [6, 6.07) is 0. The van der Waals surface area contributed by atoms with Crippen LogP contribution in [0.25, 0.3) is 6.08 Å². The molecule has 0 atom stereocenters. The zero-order valence-electron chi connectivity index (χ0n) is 8.21. The summed E-state index contributed by atoms with van der Waals surface area (Å²) in [5.41, 5.74) is 0.114. The Balaban J connectivity index is 2.96. The molecule has 0 aliphatic heterocycles. The van der Waals surface area contributed by atoms with E-state index in [2.05, 4.69) is 9.72 Å². The third-order valence-electron chi connectivity index (χ3n) is 1.65. The molecule has 0 bridgehead atoms. The molecule has 7 heteroatoms. The number of carbonyl (C=O) groups is 1. The molecule has 0 spiro atoms. The normalized spacial score (nSPS) is 10.5. The number of ether oxygens (including phenoxy) is 1.